The van der Waals surface area contributed by atoms with E-state index in [0.29, 0.717) is 4.90 Å². The van der Waals surface area contributed by atoms with E-state index < -0.39 is 10.0 Å². The molecule has 0 unspecified atom stereocenters. The fourth-order valence-corrected chi connectivity index (χ4v) is 5.41. The summed E-state index contributed by atoms with van der Waals surface area (Å²) in [4.78, 5) is 1.16. The van der Waals surface area contributed by atoms with Crippen molar-refractivity contribution >= 4 is 37.3 Å². The third kappa shape index (κ3) is 2.48. The fourth-order valence-electron chi connectivity index (χ4n) is 1.74. The van der Waals surface area contributed by atoms with E-state index in [0.717, 1.165) is 21.5 Å². The third-order valence-corrected chi connectivity index (χ3v) is 5.96. The molecule has 0 atom stereocenters. The zero-order valence-electron chi connectivity index (χ0n) is 8.73. The molecule has 1 fully saturated rings. The first-order valence-corrected chi connectivity index (χ1v) is 8.01. The van der Waals surface area contributed by atoms with Crippen molar-refractivity contribution in [3.63, 3.8) is 0 Å². The van der Waals surface area contributed by atoms with Crippen LogP contribution in [0.3, 0.4) is 0 Å². The minimum Gasteiger partial charge on any atom is -0.328 e. The molecule has 90 valence electrons. The topological polar surface area (TPSA) is 72.2 Å². The molecule has 1 aromatic rings. The zero-order chi connectivity index (χ0) is 11.9. The first-order chi connectivity index (χ1) is 7.38. The lowest BCUT2D eigenvalue weighted by Gasteiger charge is -2.32. The molecule has 0 spiro atoms. The number of nitrogens with two attached hydrogens (primary N) is 1. The van der Waals surface area contributed by atoms with Crippen LogP contribution in [0, 0.1) is 6.92 Å². The smallest absolute Gasteiger partial charge is 0.241 e. The van der Waals surface area contributed by atoms with Crippen molar-refractivity contribution in [2.75, 3.05) is 0 Å². The summed E-state index contributed by atoms with van der Waals surface area (Å²) in [5.74, 6) is 0. The van der Waals surface area contributed by atoms with Gasteiger partial charge < -0.3 is 5.73 Å². The van der Waals surface area contributed by atoms with Crippen molar-refractivity contribution in [1.29, 1.82) is 0 Å². The average molecular weight is 325 g/mol. The van der Waals surface area contributed by atoms with E-state index in [1.165, 1.54) is 11.3 Å². The molecule has 1 aromatic heterocycles. The van der Waals surface area contributed by atoms with E-state index in [9.17, 15) is 8.42 Å². The molecule has 2 rings (SSSR count). The van der Waals surface area contributed by atoms with Gasteiger partial charge in [0.05, 0.1) is 8.68 Å². The van der Waals surface area contributed by atoms with Crippen LogP contribution in [-0.4, -0.2) is 20.5 Å². The maximum Gasteiger partial charge on any atom is 0.241 e. The highest BCUT2D eigenvalue weighted by atomic mass is 79.9. The Morgan fingerprint density at radius 1 is 1.56 bits per heavy atom. The molecule has 4 nitrogen and oxygen atoms in total. The van der Waals surface area contributed by atoms with E-state index >= 15 is 0 Å². The average Bonchev–Trinajstić information content (AvgIpc) is 2.43. The lowest BCUT2D eigenvalue weighted by atomic mass is 9.89. The van der Waals surface area contributed by atoms with Crippen LogP contribution in [0.5, 0.6) is 0 Å². The quantitative estimate of drug-likeness (QED) is 0.886. The minimum absolute atomic E-state index is 0.00178. The molecule has 3 N–H and O–H groups in total. The van der Waals surface area contributed by atoms with Crippen LogP contribution in [0.4, 0.5) is 0 Å². The molecular weight excluding hydrogens is 312 g/mol. The lowest BCUT2D eigenvalue weighted by Crippen LogP contribution is -2.50. The van der Waals surface area contributed by atoms with E-state index in [2.05, 4.69) is 20.7 Å². The van der Waals surface area contributed by atoms with Crippen molar-refractivity contribution in [1.82, 2.24) is 4.72 Å². The van der Waals surface area contributed by atoms with Gasteiger partial charge in [-0.05, 0) is 41.8 Å². The summed E-state index contributed by atoms with van der Waals surface area (Å²) in [6.07, 6.45) is 1.45. The van der Waals surface area contributed by atoms with Crippen LogP contribution in [-0.2, 0) is 10.0 Å². The Labute approximate surface area is 107 Å². The van der Waals surface area contributed by atoms with Gasteiger partial charge in [0.1, 0.15) is 0 Å². The third-order valence-electron chi connectivity index (χ3n) is 2.63. The number of sulfonamides is 1. The van der Waals surface area contributed by atoms with Gasteiger partial charge in [0.25, 0.3) is 0 Å². The molecular formula is C9H13BrN2O2S2. The Morgan fingerprint density at radius 2 is 2.19 bits per heavy atom. The molecule has 0 amide bonds. The predicted molar refractivity (Wildman–Crippen MR) is 68.1 cm³/mol. The molecule has 16 heavy (non-hydrogen) atoms. The normalized spacial score (nSPS) is 25.4. The molecule has 0 aliphatic heterocycles. The summed E-state index contributed by atoms with van der Waals surface area (Å²) in [5.41, 5.74) is 5.62. The predicted octanol–water partition coefficient (Wildman–Crippen LogP) is 1.59. The number of nitrogens with one attached hydrogen (secondary N) is 1. The van der Waals surface area contributed by atoms with Crippen molar-refractivity contribution in [2.45, 2.75) is 36.7 Å². The standard InChI is InChI=1S/C9H13BrN2O2S2/c1-5-8(4-9(10)15-5)16(13,14)12-7-2-6(11)3-7/h4,6-7,12H,2-3,11H2,1H3. The minimum atomic E-state index is -3.38. The summed E-state index contributed by atoms with van der Waals surface area (Å²) < 4.78 is 27.5. The Bertz CT molecular complexity index is 492. The van der Waals surface area contributed by atoms with E-state index in [4.69, 9.17) is 5.73 Å². The summed E-state index contributed by atoms with van der Waals surface area (Å²) in [5, 5.41) is 0. The lowest BCUT2D eigenvalue weighted by molar-refractivity contribution is 0.327. The second-order valence-electron chi connectivity index (χ2n) is 4.02. The molecule has 1 aliphatic carbocycles. The SMILES string of the molecule is Cc1sc(Br)cc1S(=O)(=O)NC1CC(N)C1. The number of hydrogen-bond acceptors (Lipinski definition) is 4. The van der Waals surface area contributed by atoms with Gasteiger partial charge in [-0.1, -0.05) is 0 Å². The van der Waals surface area contributed by atoms with Crippen molar-refractivity contribution in [3.05, 3.63) is 14.7 Å². The van der Waals surface area contributed by atoms with Crippen LogP contribution in [0.25, 0.3) is 0 Å². The largest absolute Gasteiger partial charge is 0.328 e. The number of hydrogen-bond donors (Lipinski definition) is 2. The Kier molecular flexibility index (Phi) is 3.42. The summed E-state index contributed by atoms with van der Waals surface area (Å²) in [7, 11) is -3.38. The second kappa shape index (κ2) is 4.38. The van der Waals surface area contributed by atoms with E-state index in [1.54, 1.807) is 13.0 Å². The molecule has 1 heterocycles. The van der Waals surface area contributed by atoms with Gasteiger partial charge in [0.15, 0.2) is 0 Å². The second-order valence-corrected chi connectivity index (χ2v) is 8.34. The summed E-state index contributed by atoms with van der Waals surface area (Å²) in [6, 6.07) is 1.78. The van der Waals surface area contributed by atoms with Gasteiger partial charge in [0.2, 0.25) is 10.0 Å². The fraction of sp³-hybridized carbons (Fsp3) is 0.556. The Morgan fingerprint density at radius 3 is 2.62 bits per heavy atom. The van der Waals surface area contributed by atoms with E-state index in [-0.39, 0.29) is 12.1 Å². The van der Waals surface area contributed by atoms with Gasteiger partial charge in [-0.25, -0.2) is 13.1 Å². The number of thiophene rings is 1. The van der Waals surface area contributed by atoms with Crippen molar-refractivity contribution < 1.29 is 8.42 Å². The van der Waals surface area contributed by atoms with Crippen LogP contribution < -0.4 is 10.5 Å². The molecule has 0 radical (unpaired) electrons. The van der Waals surface area contributed by atoms with Crippen molar-refractivity contribution in [2.24, 2.45) is 5.73 Å². The van der Waals surface area contributed by atoms with Gasteiger partial charge in [-0.3, -0.25) is 0 Å². The monoisotopic (exact) mass is 324 g/mol. The first-order valence-electron chi connectivity index (χ1n) is 4.92. The Hall–Kier alpha value is 0.0500. The number of aryl methyl sites for hydroxylation is 1. The van der Waals surface area contributed by atoms with Crippen LogP contribution in [0.1, 0.15) is 17.7 Å². The molecule has 0 saturated heterocycles. The highest BCUT2D eigenvalue weighted by molar-refractivity contribution is 9.11. The molecule has 0 bridgehead atoms. The number of halogens is 1. The highest BCUT2D eigenvalue weighted by Gasteiger charge is 2.31. The van der Waals surface area contributed by atoms with Crippen LogP contribution in [0.2, 0.25) is 0 Å². The number of rotatable bonds is 3. The van der Waals surface area contributed by atoms with Gasteiger partial charge >= 0.3 is 0 Å². The van der Waals surface area contributed by atoms with E-state index in [1.807, 2.05) is 0 Å². The van der Waals surface area contributed by atoms with Gasteiger partial charge in [-0.2, -0.15) is 0 Å². The molecule has 1 saturated carbocycles. The Balaban J connectivity index is 2.16. The summed E-state index contributed by atoms with van der Waals surface area (Å²) >= 11 is 4.71. The van der Waals surface area contributed by atoms with Crippen LogP contribution in [0.15, 0.2) is 14.7 Å². The maximum atomic E-state index is 12.0. The van der Waals surface area contributed by atoms with Gasteiger partial charge in [-0.15, -0.1) is 11.3 Å². The molecule has 7 heteroatoms. The highest BCUT2D eigenvalue weighted by Crippen LogP contribution is 2.30. The van der Waals surface area contributed by atoms with Crippen molar-refractivity contribution in [3.8, 4) is 0 Å². The molecule has 1 aliphatic rings. The van der Waals surface area contributed by atoms with Crippen LogP contribution >= 0.6 is 27.3 Å². The zero-order valence-corrected chi connectivity index (χ0v) is 12.0. The maximum absolute atomic E-state index is 12.0. The molecule has 0 aromatic carbocycles. The first kappa shape index (κ1) is 12.5. The summed E-state index contributed by atoms with van der Waals surface area (Å²) in [6.45, 7) is 1.80. The van der Waals surface area contributed by atoms with Gasteiger partial charge in [0, 0.05) is 17.0 Å².